The second kappa shape index (κ2) is 7.87. The molecule has 2 aromatic carbocycles. The van der Waals surface area contributed by atoms with Gasteiger partial charge in [-0.2, -0.15) is 0 Å². The molecule has 1 amide bonds. The second-order valence-electron chi connectivity index (χ2n) is 6.79. The predicted molar refractivity (Wildman–Crippen MR) is 113 cm³/mol. The molecule has 4 nitrogen and oxygen atoms in total. The fraction of sp³-hybridized carbons (Fsp3) is 0.130. The number of rotatable bonds is 5. The maximum Gasteiger partial charge on any atom is 0.256 e. The van der Waals surface area contributed by atoms with Crippen LogP contribution in [-0.2, 0) is 12.8 Å². The zero-order valence-corrected chi connectivity index (χ0v) is 16.3. The van der Waals surface area contributed by atoms with Gasteiger partial charge in [0.25, 0.3) is 5.91 Å². The topological polar surface area (TPSA) is 46.4 Å². The Balaban J connectivity index is 1.66. The minimum absolute atomic E-state index is 0.181. The van der Waals surface area contributed by atoms with E-state index in [0.29, 0.717) is 16.4 Å². The molecule has 0 atom stereocenters. The number of nitrogens with one attached hydrogen (secondary N) is 1. The quantitative estimate of drug-likeness (QED) is 0.501. The Labute approximate surface area is 168 Å². The van der Waals surface area contributed by atoms with Crippen LogP contribution < -0.4 is 5.32 Å². The molecule has 0 bridgehead atoms. The molecular formula is C23H20ClN3O. The minimum Gasteiger partial charge on any atom is -0.306 e. The molecule has 0 saturated heterocycles. The highest BCUT2D eigenvalue weighted by Crippen LogP contribution is 2.22. The number of pyridine rings is 1. The summed E-state index contributed by atoms with van der Waals surface area (Å²) in [7, 11) is 0. The molecule has 0 unspecified atom stereocenters. The first-order valence-electron chi connectivity index (χ1n) is 9.18. The van der Waals surface area contributed by atoms with Crippen molar-refractivity contribution < 1.29 is 4.79 Å². The molecule has 0 radical (unpaired) electrons. The highest BCUT2D eigenvalue weighted by molar-refractivity contribution is 6.30. The van der Waals surface area contributed by atoms with Gasteiger partial charge in [-0.25, -0.2) is 4.98 Å². The lowest BCUT2D eigenvalue weighted by atomic mass is 10.1. The largest absolute Gasteiger partial charge is 0.306 e. The van der Waals surface area contributed by atoms with Crippen molar-refractivity contribution in [3.63, 3.8) is 0 Å². The number of anilines is 1. The molecular weight excluding hydrogens is 370 g/mol. The van der Waals surface area contributed by atoms with Gasteiger partial charge in [0.15, 0.2) is 0 Å². The number of benzene rings is 2. The Morgan fingerprint density at radius 2 is 1.79 bits per heavy atom. The van der Waals surface area contributed by atoms with E-state index in [1.54, 1.807) is 24.3 Å². The van der Waals surface area contributed by atoms with E-state index in [-0.39, 0.29) is 5.91 Å². The number of hydrogen-bond acceptors (Lipinski definition) is 2. The summed E-state index contributed by atoms with van der Waals surface area (Å²) in [6.45, 7) is 2.03. The second-order valence-corrected chi connectivity index (χ2v) is 7.22. The summed E-state index contributed by atoms with van der Waals surface area (Å²) in [5.74, 6) is 0.533. The van der Waals surface area contributed by atoms with Crippen LogP contribution >= 0.6 is 11.6 Å². The van der Waals surface area contributed by atoms with Crippen LogP contribution in [0.25, 0.3) is 5.65 Å². The van der Waals surface area contributed by atoms with Crippen LogP contribution in [0.2, 0.25) is 5.02 Å². The molecule has 0 saturated carbocycles. The van der Waals surface area contributed by atoms with Crippen molar-refractivity contribution in [3.05, 3.63) is 100 Å². The zero-order chi connectivity index (χ0) is 19.5. The number of aromatic nitrogens is 2. The summed E-state index contributed by atoms with van der Waals surface area (Å²) in [5, 5.41) is 3.65. The SMILES string of the molecule is Cc1ccn2c(NC(=O)c3ccc(Cl)cc3)c(CCc3ccccc3)nc2c1. The van der Waals surface area contributed by atoms with Gasteiger partial charge < -0.3 is 5.32 Å². The Hall–Kier alpha value is -3.11. The van der Waals surface area contributed by atoms with Gasteiger partial charge in [-0.15, -0.1) is 0 Å². The average Bonchev–Trinajstić information content (AvgIpc) is 3.04. The summed E-state index contributed by atoms with van der Waals surface area (Å²) in [4.78, 5) is 17.5. The van der Waals surface area contributed by atoms with Gasteiger partial charge in [0, 0.05) is 16.8 Å². The highest BCUT2D eigenvalue weighted by atomic mass is 35.5. The van der Waals surface area contributed by atoms with E-state index in [0.717, 1.165) is 29.7 Å². The Bertz CT molecular complexity index is 1120. The van der Waals surface area contributed by atoms with E-state index in [4.69, 9.17) is 16.6 Å². The van der Waals surface area contributed by atoms with Gasteiger partial charge >= 0.3 is 0 Å². The number of nitrogens with zero attached hydrogens (tertiary/aromatic N) is 2. The van der Waals surface area contributed by atoms with Crippen molar-refractivity contribution in [2.24, 2.45) is 0 Å². The molecule has 28 heavy (non-hydrogen) atoms. The maximum atomic E-state index is 12.8. The van der Waals surface area contributed by atoms with E-state index >= 15 is 0 Å². The molecule has 0 aliphatic carbocycles. The minimum atomic E-state index is -0.181. The lowest BCUT2D eigenvalue weighted by molar-refractivity contribution is 0.102. The third-order valence-corrected chi connectivity index (χ3v) is 4.94. The molecule has 4 aromatic rings. The number of amides is 1. The lowest BCUT2D eigenvalue weighted by Crippen LogP contribution is -2.14. The highest BCUT2D eigenvalue weighted by Gasteiger charge is 2.16. The normalized spacial score (nSPS) is 10.9. The monoisotopic (exact) mass is 389 g/mol. The third kappa shape index (κ3) is 3.92. The molecule has 0 fully saturated rings. The van der Waals surface area contributed by atoms with Gasteiger partial charge in [-0.3, -0.25) is 9.20 Å². The van der Waals surface area contributed by atoms with Crippen LogP contribution in [0.4, 0.5) is 5.82 Å². The first-order chi connectivity index (χ1) is 13.6. The molecule has 5 heteroatoms. The fourth-order valence-electron chi connectivity index (χ4n) is 3.19. The van der Waals surface area contributed by atoms with E-state index in [2.05, 4.69) is 17.4 Å². The number of hydrogen-bond donors (Lipinski definition) is 1. The molecule has 4 rings (SSSR count). The van der Waals surface area contributed by atoms with Crippen LogP contribution in [0, 0.1) is 6.92 Å². The summed E-state index contributed by atoms with van der Waals surface area (Å²) < 4.78 is 1.93. The fourth-order valence-corrected chi connectivity index (χ4v) is 3.32. The van der Waals surface area contributed by atoms with E-state index in [1.807, 2.05) is 47.9 Å². The van der Waals surface area contributed by atoms with Crippen molar-refractivity contribution in [3.8, 4) is 0 Å². The van der Waals surface area contributed by atoms with Gasteiger partial charge in [0.05, 0.1) is 5.69 Å². The third-order valence-electron chi connectivity index (χ3n) is 4.69. The maximum absolute atomic E-state index is 12.8. The predicted octanol–water partition coefficient (Wildman–Crippen LogP) is 5.33. The standard InChI is InChI=1S/C23H20ClN3O/c1-16-13-14-27-21(15-16)25-20(12-7-17-5-3-2-4-6-17)22(27)26-23(28)18-8-10-19(24)11-9-18/h2-6,8-11,13-15H,7,12H2,1H3,(H,26,28). The number of imidazole rings is 1. The molecule has 0 aliphatic heterocycles. The number of carbonyl (C=O) groups excluding carboxylic acids is 1. The first kappa shape index (κ1) is 18.3. The van der Waals surface area contributed by atoms with Crippen molar-refractivity contribution >= 4 is 29.0 Å². The van der Waals surface area contributed by atoms with Gasteiger partial charge in [-0.1, -0.05) is 41.9 Å². The van der Waals surface area contributed by atoms with Crippen molar-refractivity contribution in [2.45, 2.75) is 19.8 Å². The van der Waals surface area contributed by atoms with Crippen LogP contribution in [0.15, 0.2) is 72.9 Å². The van der Waals surface area contributed by atoms with Crippen LogP contribution in [-0.4, -0.2) is 15.3 Å². The van der Waals surface area contributed by atoms with E-state index in [1.165, 1.54) is 5.56 Å². The van der Waals surface area contributed by atoms with Crippen molar-refractivity contribution in [2.75, 3.05) is 5.32 Å². The first-order valence-corrected chi connectivity index (χ1v) is 9.56. The van der Waals surface area contributed by atoms with E-state index in [9.17, 15) is 4.79 Å². The van der Waals surface area contributed by atoms with Gasteiger partial charge in [0.2, 0.25) is 0 Å². The van der Waals surface area contributed by atoms with Crippen LogP contribution in [0.5, 0.6) is 0 Å². The smallest absolute Gasteiger partial charge is 0.256 e. The van der Waals surface area contributed by atoms with Crippen LogP contribution in [0.1, 0.15) is 27.2 Å². The van der Waals surface area contributed by atoms with Crippen molar-refractivity contribution in [1.82, 2.24) is 9.38 Å². The Morgan fingerprint density at radius 3 is 2.54 bits per heavy atom. The summed E-state index contributed by atoms with van der Waals surface area (Å²) in [6.07, 6.45) is 3.54. The Morgan fingerprint density at radius 1 is 1.04 bits per heavy atom. The number of halogens is 1. The van der Waals surface area contributed by atoms with Crippen molar-refractivity contribution in [1.29, 1.82) is 0 Å². The average molecular weight is 390 g/mol. The summed E-state index contributed by atoms with van der Waals surface area (Å²) in [5.41, 5.74) is 4.63. The molecule has 0 aliphatic rings. The summed E-state index contributed by atoms with van der Waals surface area (Å²) >= 11 is 5.93. The van der Waals surface area contributed by atoms with E-state index < -0.39 is 0 Å². The molecule has 140 valence electrons. The number of fused-ring (bicyclic) bond motifs is 1. The Kier molecular flexibility index (Phi) is 5.13. The molecule has 0 spiro atoms. The van der Waals surface area contributed by atoms with Gasteiger partial charge in [-0.05, 0) is 67.3 Å². The molecule has 2 aromatic heterocycles. The van der Waals surface area contributed by atoms with Gasteiger partial charge in [0.1, 0.15) is 11.5 Å². The lowest BCUT2D eigenvalue weighted by Gasteiger charge is -2.08. The number of carbonyl (C=O) groups is 1. The van der Waals surface area contributed by atoms with Crippen LogP contribution in [0.3, 0.4) is 0 Å². The molecule has 1 N–H and O–H groups in total. The molecule has 2 heterocycles. The number of aryl methyl sites for hydroxylation is 3. The summed E-state index contributed by atoms with van der Waals surface area (Å²) in [6, 6.07) is 21.2. The zero-order valence-electron chi connectivity index (χ0n) is 15.5.